The maximum absolute atomic E-state index is 9.30. The highest BCUT2D eigenvalue weighted by Gasteiger charge is 2.14. The fourth-order valence-electron chi connectivity index (χ4n) is 2.77. The number of aromatic nitrogens is 1. The summed E-state index contributed by atoms with van der Waals surface area (Å²) in [5, 5.41) is 10.0. The van der Waals surface area contributed by atoms with E-state index < -0.39 is 0 Å². The van der Waals surface area contributed by atoms with E-state index in [9.17, 15) is 5.11 Å². The van der Waals surface area contributed by atoms with Crippen molar-refractivity contribution in [3.05, 3.63) is 76.9 Å². The van der Waals surface area contributed by atoms with E-state index in [0.717, 1.165) is 33.2 Å². The quantitative estimate of drug-likeness (QED) is 0.746. The molecule has 0 atom stereocenters. The average molecular weight is 312 g/mol. The lowest BCUT2D eigenvalue weighted by Gasteiger charge is -2.12. The molecule has 0 saturated heterocycles. The molecule has 0 aliphatic carbocycles. The van der Waals surface area contributed by atoms with Gasteiger partial charge in [-0.15, -0.1) is 0 Å². The number of hydrogen-bond acceptors (Lipinski definition) is 1. The van der Waals surface area contributed by atoms with Gasteiger partial charge in [-0.2, -0.15) is 0 Å². The maximum atomic E-state index is 9.30. The van der Waals surface area contributed by atoms with Crippen LogP contribution >= 0.6 is 11.6 Å². The molecule has 0 saturated carbocycles. The Morgan fingerprint density at radius 2 is 1.68 bits per heavy atom. The minimum absolute atomic E-state index is 0.152. The molecule has 112 valence electrons. The van der Waals surface area contributed by atoms with Crippen LogP contribution in [0.15, 0.2) is 60.7 Å². The summed E-state index contributed by atoms with van der Waals surface area (Å²) in [6.07, 6.45) is 0.659. The van der Waals surface area contributed by atoms with Crippen LogP contribution in [0.1, 0.15) is 11.3 Å². The van der Waals surface area contributed by atoms with Gasteiger partial charge in [0.2, 0.25) is 0 Å². The summed E-state index contributed by atoms with van der Waals surface area (Å²) in [6.45, 7) is 2.25. The molecule has 2 aromatic carbocycles. The van der Waals surface area contributed by atoms with Crippen LogP contribution in [-0.4, -0.2) is 16.3 Å². The van der Waals surface area contributed by atoms with Crippen molar-refractivity contribution in [2.45, 2.75) is 13.3 Å². The lowest BCUT2D eigenvalue weighted by molar-refractivity contribution is 0.299. The Kier molecular flexibility index (Phi) is 4.32. The standard InChI is InChI=1S/C19H18ClNO/c1-14-16(11-12-22)13-19(15-7-9-17(20)10-8-15)21(14)18-5-3-2-4-6-18/h2-10,13,22H,11-12H2,1H3. The molecule has 22 heavy (non-hydrogen) atoms. The third-order valence-corrected chi connectivity index (χ3v) is 4.14. The van der Waals surface area contributed by atoms with Gasteiger partial charge in [0.05, 0.1) is 5.69 Å². The highest BCUT2D eigenvalue weighted by molar-refractivity contribution is 6.30. The Morgan fingerprint density at radius 3 is 2.32 bits per heavy atom. The predicted octanol–water partition coefficient (Wildman–Crippen LogP) is 4.64. The Labute approximate surface area is 135 Å². The summed E-state index contributed by atoms with van der Waals surface area (Å²) >= 11 is 6.00. The van der Waals surface area contributed by atoms with Crippen molar-refractivity contribution in [2.75, 3.05) is 6.61 Å². The normalized spacial score (nSPS) is 10.9. The number of hydrogen-bond donors (Lipinski definition) is 1. The Bertz CT molecular complexity index is 760. The fraction of sp³-hybridized carbons (Fsp3) is 0.158. The lowest BCUT2D eigenvalue weighted by atomic mass is 10.1. The third-order valence-electron chi connectivity index (χ3n) is 3.89. The van der Waals surface area contributed by atoms with E-state index >= 15 is 0 Å². The zero-order valence-electron chi connectivity index (χ0n) is 12.5. The number of aliphatic hydroxyl groups excluding tert-OH is 1. The van der Waals surface area contributed by atoms with Crippen LogP contribution in [0.2, 0.25) is 5.02 Å². The fourth-order valence-corrected chi connectivity index (χ4v) is 2.90. The summed E-state index contributed by atoms with van der Waals surface area (Å²) in [4.78, 5) is 0. The second-order valence-electron chi connectivity index (χ2n) is 5.29. The number of nitrogens with zero attached hydrogens (tertiary/aromatic N) is 1. The topological polar surface area (TPSA) is 25.2 Å². The molecule has 0 radical (unpaired) electrons. The van der Waals surface area contributed by atoms with Gasteiger partial charge in [-0.3, -0.25) is 0 Å². The molecule has 3 heteroatoms. The van der Waals surface area contributed by atoms with Crippen LogP contribution in [0.3, 0.4) is 0 Å². The van der Waals surface area contributed by atoms with Gasteiger partial charge in [0, 0.05) is 23.0 Å². The van der Waals surface area contributed by atoms with E-state index in [1.54, 1.807) is 0 Å². The minimum atomic E-state index is 0.152. The molecule has 3 rings (SSSR count). The molecule has 0 unspecified atom stereocenters. The molecule has 2 nitrogen and oxygen atoms in total. The van der Waals surface area contributed by atoms with E-state index in [1.807, 2.05) is 42.5 Å². The van der Waals surface area contributed by atoms with E-state index in [4.69, 9.17) is 11.6 Å². The SMILES string of the molecule is Cc1c(CCO)cc(-c2ccc(Cl)cc2)n1-c1ccccc1. The summed E-state index contributed by atoms with van der Waals surface area (Å²) in [7, 11) is 0. The van der Waals surface area contributed by atoms with Gasteiger partial charge < -0.3 is 9.67 Å². The zero-order chi connectivity index (χ0) is 15.5. The predicted molar refractivity (Wildman–Crippen MR) is 91.7 cm³/mol. The van der Waals surface area contributed by atoms with Gasteiger partial charge in [-0.25, -0.2) is 0 Å². The van der Waals surface area contributed by atoms with Crippen LogP contribution in [0.5, 0.6) is 0 Å². The molecule has 1 heterocycles. The molecular weight excluding hydrogens is 294 g/mol. The van der Waals surface area contributed by atoms with Crippen molar-refractivity contribution in [1.29, 1.82) is 0 Å². The average Bonchev–Trinajstić information content (AvgIpc) is 2.86. The molecule has 3 aromatic rings. The molecule has 0 fully saturated rings. The summed E-state index contributed by atoms with van der Waals surface area (Å²) < 4.78 is 2.23. The number of rotatable bonds is 4. The van der Waals surface area contributed by atoms with Crippen molar-refractivity contribution >= 4 is 11.6 Å². The smallest absolute Gasteiger partial charge is 0.0534 e. The summed E-state index contributed by atoms with van der Waals surface area (Å²) in [5.41, 5.74) is 5.67. The monoisotopic (exact) mass is 311 g/mol. The zero-order valence-corrected chi connectivity index (χ0v) is 13.2. The molecular formula is C19H18ClNO. The highest BCUT2D eigenvalue weighted by atomic mass is 35.5. The van der Waals surface area contributed by atoms with Gasteiger partial charge >= 0.3 is 0 Å². The van der Waals surface area contributed by atoms with Crippen LogP contribution < -0.4 is 0 Å². The van der Waals surface area contributed by atoms with E-state index in [1.165, 1.54) is 0 Å². The molecule has 0 aliphatic rings. The number of para-hydroxylation sites is 1. The summed E-state index contributed by atoms with van der Waals surface area (Å²) in [5.74, 6) is 0. The van der Waals surface area contributed by atoms with Crippen LogP contribution in [0, 0.1) is 6.92 Å². The van der Waals surface area contributed by atoms with Crippen molar-refractivity contribution in [3.63, 3.8) is 0 Å². The first-order valence-electron chi connectivity index (χ1n) is 7.34. The first-order valence-corrected chi connectivity index (χ1v) is 7.72. The third kappa shape index (κ3) is 2.80. The Morgan fingerprint density at radius 1 is 1.00 bits per heavy atom. The van der Waals surface area contributed by atoms with Crippen LogP contribution in [0.4, 0.5) is 0 Å². The van der Waals surface area contributed by atoms with Gasteiger partial charge in [0.25, 0.3) is 0 Å². The Balaban J connectivity index is 2.20. The molecule has 0 bridgehead atoms. The van der Waals surface area contributed by atoms with Gasteiger partial charge in [0.1, 0.15) is 0 Å². The second-order valence-corrected chi connectivity index (χ2v) is 5.73. The van der Waals surface area contributed by atoms with Crippen LogP contribution in [-0.2, 0) is 6.42 Å². The van der Waals surface area contributed by atoms with Crippen molar-refractivity contribution in [3.8, 4) is 16.9 Å². The van der Waals surface area contributed by atoms with Crippen molar-refractivity contribution < 1.29 is 5.11 Å². The van der Waals surface area contributed by atoms with Crippen LogP contribution in [0.25, 0.3) is 16.9 Å². The molecule has 1 aromatic heterocycles. The molecule has 1 N–H and O–H groups in total. The number of halogens is 1. The first kappa shape index (κ1) is 14.9. The lowest BCUT2D eigenvalue weighted by Crippen LogP contribution is -2.00. The van der Waals surface area contributed by atoms with E-state index in [-0.39, 0.29) is 6.61 Å². The van der Waals surface area contributed by atoms with Gasteiger partial charge in [-0.1, -0.05) is 41.9 Å². The molecule has 0 amide bonds. The second kappa shape index (κ2) is 6.39. The highest BCUT2D eigenvalue weighted by Crippen LogP contribution is 2.30. The van der Waals surface area contributed by atoms with Gasteiger partial charge in [-0.05, 0) is 54.8 Å². The maximum Gasteiger partial charge on any atom is 0.0534 e. The largest absolute Gasteiger partial charge is 0.396 e. The van der Waals surface area contributed by atoms with Crippen molar-refractivity contribution in [1.82, 2.24) is 4.57 Å². The van der Waals surface area contributed by atoms with E-state index in [2.05, 4.69) is 29.7 Å². The Hall–Kier alpha value is -2.03. The van der Waals surface area contributed by atoms with E-state index in [0.29, 0.717) is 6.42 Å². The minimum Gasteiger partial charge on any atom is -0.396 e. The van der Waals surface area contributed by atoms with Crippen molar-refractivity contribution in [2.24, 2.45) is 0 Å². The number of benzene rings is 2. The number of aliphatic hydroxyl groups is 1. The molecule has 0 aliphatic heterocycles. The first-order chi connectivity index (χ1) is 10.7. The van der Waals surface area contributed by atoms with Gasteiger partial charge in [0.15, 0.2) is 0 Å². The summed E-state index contributed by atoms with van der Waals surface area (Å²) in [6, 6.07) is 20.3. The molecule has 0 spiro atoms.